The predicted octanol–water partition coefficient (Wildman–Crippen LogP) is 5.21. The number of hydrogen-bond donors (Lipinski definition) is 1. The largest absolute Gasteiger partial charge is 0.495 e. The summed E-state index contributed by atoms with van der Waals surface area (Å²) in [7, 11) is 1.56. The number of ether oxygens (including phenoxy) is 1. The number of thiophene rings is 1. The molecule has 1 aromatic carbocycles. The number of carbonyl (C=O) groups is 1. The number of thioether (sulfide) groups is 1. The summed E-state index contributed by atoms with van der Waals surface area (Å²) in [6, 6.07) is 5.14. The summed E-state index contributed by atoms with van der Waals surface area (Å²) in [5, 5.41) is 5.43. The Morgan fingerprint density at radius 3 is 3.11 bits per heavy atom. The van der Waals surface area contributed by atoms with E-state index in [9.17, 15) is 4.79 Å². The van der Waals surface area contributed by atoms with E-state index in [2.05, 4.69) is 22.2 Å². The van der Waals surface area contributed by atoms with E-state index in [0.29, 0.717) is 22.4 Å². The molecule has 1 aliphatic rings. The molecule has 4 rings (SSSR count). The molecule has 1 unspecified atom stereocenters. The molecule has 2 heterocycles. The summed E-state index contributed by atoms with van der Waals surface area (Å²) in [6.07, 6.45) is 4.94. The van der Waals surface area contributed by atoms with Crippen LogP contribution in [0.1, 0.15) is 23.8 Å². The first-order valence-electron chi connectivity index (χ1n) is 9.06. The maximum Gasteiger partial charge on any atom is 0.234 e. The molecule has 0 aliphatic heterocycles. The number of carbonyl (C=O) groups excluding carboxylic acids is 1. The highest BCUT2D eigenvalue weighted by atomic mass is 35.5. The molecular weight excluding hydrogens is 414 g/mol. The Balaban J connectivity index is 1.52. The number of halogens is 1. The van der Waals surface area contributed by atoms with Crippen molar-refractivity contribution in [1.82, 2.24) is 9.97 Å². The van der Waals surface area contributed by atoms with E-state index in [1.165, 1.54) is 28.6 Å². The van der Waals surface area contributed by atoms with Crippen molar-refractivity contribution >= 4 is 56.5 Å². The Hall–Kier alpha value is -1.83. The quantitative estimate of drug-likeness (QED) is 0.442. The van der Waals surface area contributed by atoms with E-state index >= 15 is 0 Å². The number of anilines is 1. The maximum atomic E-state index is 12.5. The lowest BCUT2D eigenvalue weighted by Crippen LogP contribution is -2.15. The normalized spacial score (nSPS) is 16.0. The van der Waals surface area contributed by atoms with Gasteiger partial charge in [0.2, 0.25) is 5.91 Å². The second-order valence-corrected chi connectivity index (χ2v) is 9.38. The first kappa shape index (κ1) is 19.5. The van der Waals surface area contributed by atoms with Gasteiger partial charge in [-0.25, -0.2) is 9.97 Å². The molecule has 1 N–H and O–H groups in total. The molecule has 0 spiro atoms. The first-order valence-corrected chi connectivity index (χ1v) is 11.2. The molecule has 146 valence electrons. The van der Waals surface area contributed by atoms with E-state index in [-0.39, 0.29) is 11.7 Å². The number of hydrogen-bond acceptors (Lipinski definition) is 6. The Bertz CT molecular complexity index is 1040. The lowest BCUT2D eigenvalue weighted by molar-refractivity contribution is -0.113. The zero-order valence-corrected chi connectivity index (χ0v) is 18.0. The number of rotatable bonds is 5. The van der Waals surface area contributed by atoms with Crippen LogP contribution in [0.4, 0.5) is 5.69 Å². The Morgan fingerprint density at radius 2 is 2.29 bits per heavy atom. The average molecular weight is 434 g/mol. The predicted molar refractivity (Wildman–Crippen MR) is 116 cm³/mol. The van der Waals surface area contributed by atoms with Crippen molar-refractivity contribution in [3.8, 4) is 5.75 Å². The van der Waals surface area contributed by atoms with Gasteiger partial charge in [-0.1, -0.05) is 30.3 Å². The van der Waals surface area contributed by atoms with Crippen LogP contribution >= 0.6 is 34.7 Å². The number of nitrogens with one attached hydrogen (secondary N) is 1. The molecule has 0 radical (unpaired) electrons. The van der Waals surface area contributed by atoms with Crippen LogP contribution < -0.4 is 10.1 Å². The van der Waals surface area contributed by atoms with Crippen LogP contribution in [0.15, 0.2) is 29.6 Å². The molecule has 0 saturated heterocycles. The number of amides is 1. The van der Waals surface area contributed by atoms with Crippen LogP contribution in [0, 0.1) is 5.92 Å². The number of methoxy groups -OCH3 is 1. The van der Waals surface area contributed by atoms with Crippen molar-refractivity contribution in [3.05, 3.63) is 40.0 Å². The smallest absolute Gasteiger partial charge is 0.234 e. The number of nitrogens with zero attached hydrogens (tertiary/aromatic N) is 2. The van der Waals surface area contributed by atoms with Crippen LogP contribution in [-0.4, -0.2) is 28.7 Å². The lowest BCUT2D eigenvalue weighted by atomic mass is 9.89. The Labute approximate surface area is 176 Å². The fraction of sp³-hybridized carbons (Fsp3) is 0.350. The van der Waals surface area contributed by atoms with Crippen molar-refractivity contribution in [2.45, 2.75) is 31.2 Å². The SMILES string of the molecule is COc1ccc(Cl)cc1NC(=O)CSc1ncnc2sc3c(c12)CCC(C)C3. The zero-order valence-electron chi connectivity index (χ0n) is 15.6. The second-order valence-electron chi connectivity index (χ2n) is 6.89. The average Bonchev–Trinajstić information content (AvgIpc) is 3.04. The standard InChI is InChI=1S/C20H20ClN3O2S2/c1-11-3-5-13-16(7-11)28-20-18(13)19(22-10-23-20)27-9-17(25)24-14-8-12(21)4-6-15(14)26-2/h4,6,8,10-11H,3,5,7,9H2,1-2H3,(H,24,25). The van der Waals surface area contributed by atoms with Gasteiger partial charge in [-0.2, -0.15) is 0 Å². The van der Waals surface area contributed by atoms with Gasteiger partial charge in [0.15, 0.2) is 0 Å². The molecule has 0 bridgehead atoms. The third-order valence-corrected chi connectivity index (χ3v) is 7.22. The minimum absolute atomic E-state index is 0.130. The molecule has 0 saturated carbocycles. The van der Waals surface area contributed by atoms with E-state index < -0.39 is 0 Å². The van der Waals surface area contributed by atoms with E-state index in [0.717, 1.165) is 28.1 Å². The van der Waals surface area contributed by atoms with E-state index in [1.54, 1.807) is 43.0 Å². The fourth-order valence-electron chi connectivity index (χ4n) is 3.45. The maximum absolute atomic E-state index is 12.5. The molecule has 1 amide bonds. The Morgan fingerprint density at radius 1 is 1.43 bits per heavy atom. The molecule has 5 nitrogen and oxygen atoms in total. The molecule has 0 fully saturated rings. The second kappa shape index (κ2) is 8.27. The molecule has 3 aromatic rings. The molecule has 28 heavy (non-hydrogen) atoms. The summed E-state index contributed by atoms with van der Waals surface area (Å²) in [5.74, 6) is 1.41. The lowest BCUT2D eigenvalue weighted by Gasteiger charge is -2.18. The van der Waals surface area contributed by atoms with Crippen LogP contribution in [0.2, 0.25) is 5.02 Å². The van der Waals surface area contributed by atoms with Crippen LogP contribution in [0.25, 0.3) is 10.2 Å². The molecular formula is C20H20ClN3O2S2. The molecule has 1 atom stereocenters. The third kappa shape index (κ3) is 3.97. The van der Waals surface area contributed by atoms with Gasteiger partial charge in [0.05, 0.1) is 18.6 Å². The monoisotopic (exact) mass is 433 g/mol. The molecule has 2 aromatic heterocycles. The van der Waals surface area contributed by atoms with Crippen LogP contribution in [0.3, 0.4) is 0 Å². The highest BCUT2D eigenvalue weighted by Gasteiger charge is 2.23. The van der Waals surface area contributed by atoms with E-state index in [1.807, 2.05) is 0 Å². The third-order valence-electron chi connectivity index (χ3n) is 4.83. The van der Waals surface area contributed by atoms with Crippen LogP contribution in [0.5, 0.6) is 5.75 Å². The van der Waals surface area contributed by atoms with Gasteiger partial charge >= 0.3 is 0 Å². The van der Waals surface area contributed by atoms with Crippen molar-refractivity contribution in [3.63, 3.8) is 0 Å². The van der Waals surface area contributed by atoms with Crippen molar-refractivity contribution in [1.29, 1.82) is 0 Å². The zero-order chi connectivity index (χ0) is 19.7. The van der Waals surface area contributed by atoms with Crippen LogP contribution in [-0.2, 0) is 17.6 Å². The number of aryl methyl sites for hydroxylation is 1. The van der Waals surface area contributed by atoms with Crippen molar-refractivity contribution < 1.29 is 9.53 Å². The minimum Gasteiger partial charge on any atom is -0.495 e. The first-order chi connectivity index (χ1) is 13.5. The van der Waals surface area contributed by atoms with Crippen molar-refractivity contribution in [2.75, 3.05) is 18.2 Å². The van der Waals surface area contributed by atoms with Crippen molar-refractivity contribution in [2.24, 2.45) is 5.92 Å². The summed E-state index contributed by atoms with van der Waals surface area (Å²) in [6.45, 7) is 2.29. The Kier molecular flexibility index (Phi) is 5.75. The number of fused-ring (bicyclic) bond motifs is 3. The highest BCUT2D eigenvalue weighted by molar-refractivity contribution is 8.00. The summed E-state index contributed by atoms with van der Waals surface area (Å²) < 4.78 is 5.28. The van der Waals surface area contributed by atoms with Gasteiger partial charge in [0, 0.05) is 15.3 Å². The van der Waals surface area contributed by atoms with Gasteiger partial charge in [0.1, 0.15) is 21.9 Å². The van der Waals surface area contributed by atoms with Gasteiger partial charge < -0.3 is 10.1 Å². The van der Waals surface area contributed by atoms with Gasteiger partial charge in [-0.3, -0.25) is 4.79 Å². The summed E-state index contributed by atoms with van der Waals surface area (Å²) >= 11 is 9.24. The fourth-order valence-corrected chi connectivity index (χ4v) is 5.87. The topological polar surface area (TPSA) is 64.1 Å². The van der Waals surface area contributed by atoms with Gasteiger partial charge in [-0.05, 0) is 48.9 Å². The summed E-state index contributed by atoms with van der Waals surface area (Å²) in [5.41, 5.74) is 1.94. The molecule has 8 heteroatoms. The number of aromatic nitrogens is 2. The van der Waals surface area contributed by atoms with E-state index in [4.69, 9.17) is 16.3 Å². The van der Waals surface area contributed by atoms with Gasteiger partial charge in [0.25, 0.3) is 0 Å². The van der Waals surface area contributed by atoms with Gasteiger partial charge in [-0.15, -0.1) is 11.3 Å². The minimum atomic E-state index is -0.130. The molecule has 1 aliphatic carbocycles. The summed E-state index contributed by atoms with van der Waals surface area (Å²) in [4.78, 5) is 23.9. The highest BCUT2D eigenvalue weighted by Crippen LogP contribution is 2.40. The number of benzene rings is 1.